The number of aliphatic imine (C=N–C) groups is 1. The van der Waals surface area contributed by atoms with E-state index in [4.69, 9.17) is 0 Å². The summed E-state index contributed by atoms with van der Waals surface area (Å²) in [6, 6.07) is 0.0810. The molecule has 0 rings (SSSR count). The van der Waals surface area contributed by atoms with Crippen molar-refractivity contribution in [2.45, 2.75) is 26.8 Å². The first kappa shape index (κ1) is 9.90. The maximum absolute atomic E-state index is 10.8. The van der Waals surface area contributed by atoms with Crippen LogP contribution in [0.3, 0.4) is 0 Å². The van der Waals surface area contributed by atoms with Gasteiger partial charge in [0.2, 0.25) is 0 Å². The zero-order chi connectivity index (χ0) is 8.15. The summed E-state index contributed by atoms with van der Waals surface area (Å²) in [5.74, 6) is 0.160. The Morgan fingerprint density at radius 1 is 1.70 bits per heavy atom. The van der Waals surface area contributed by atoms with E-state index in [-0.39, 0.29) is 11.8 Å². The molecule has 56 valence electrons. The third-order valence-electron chi connectivity index (χ3n) is 1.10. The number of hydrogen-bond acceptors (Lipinski definition) is 2. The van der Waals surface area contributed by atoms with E-state index in [0.29, 0.717) is 0 Å². The van der Waals surface area contributed by atoms with E-state index < -0.39 is 0 Å². The van der Waals surface area contributed by atoms with Gasteiger partial charge in [0, 0.05) is 0 Å². The van der Waals surface area contributed by atoms with Crippen molar-refractivity contribution in [3.05, 3.63) is 0 Å². The Bertz CT molecular complexity index is 174. The molecular weight excluding hydrogens is 298 g/mol. The van der Waals surface area contributed by atoms with Crippen molar-refractivity contribution in [1.82, 2.24) is 0 Å². The molecule has 2 nitrogen and oxygen atoms in total. The summed E-state index contributed by atoms with van der Waals surface area (Å²) < 4.78 is 0.901. The molecule has 0 spiro atoms. The molecule has 0 aliphatic heterocycles. The van der Waals surface area contributed by atoms with Crippen molar-refractivity contribution in [2.75, 3.05) is 0 Å². The van der Waals surface area contributed by atoms with Gasteiger partial charge in [0.05, 0.1) is 0 Å². The Morgan fingerprint density at radius 2 is 2.20 bits per heavy atom. The van der Waals surface area contributed by atoms with Crippen LogP contribution in [0.25, 0.3) is 0 Å². The quantitative estimate of drug-likeness (QED) is 0.708. The second-order valence-electron chi connectivity index (χ2n) is 2.00. The molecular formula is C7H11NOW. The van der Waals surface area contributed by atoms with Gasteiger partial charge in [-0.15, -0.1) is 0 Å². The van der Waals surface area contributed by atoms with E-state index in [2.05, 4.69) is 4.99 Å². The van der Waals surface area contributed by atoms with Crippen LogP contribution in [0.4, 0.5) is 0 Å². The fourth-order valence-corrected chi connectivity index (χ4v) is 0.804. The summed E-state index contributed by atoms with van der Waals surface area (Å²) in [6.07, 6.45) is 1.73. The number of carbonyl (C=O) groups is 1. The molecule has 0 saturated heterocycles. The third kappa shape index (κ3) is 3.16. The summed E-state index contributed by atoms with van der Waals surface area (Å²) in [6.45, 7) is 5.38. The number of carbonyl (C=O) groups excluding carboxylic acids is 1. The summed E-state index contributed by atoms with van der Waals surface area (Å²) in [5.41, 5.74) is 0. The monoisotopic (exact) mass is 309 g/mol. The number of hydrogen-bond donors (Lipinski definition) is 0. The average Bonchev–Trinajstić information content (AvgIpc) is 1.87. The normalized spacial score (nSPS) is 13.5. The van der Waals surface area contributed by atoms with Gasteiger partial charge in [-0.25, -0.2) is 0 Å². The van der Waals surface area contributed by atoms with E-state index >= 15 is 0 Å². The number of Topliss-reactive ketones (excluding diaryl/α,β-unsaturated/α-hetero) is 1. The molecule has 0 heterocycles. The molecule has 0 aromatic heterocycles. The van der Waals surface area contributed by atoms with Gasteiger partial charge in [-0.1, -0.05) is 0 Å². The molecule has 0 aliphatic carbocycles. The molecule has 0 aliphatic rings. The Kier molecular flexibility index (Phi) is 4.63. The predicted octanol–water partition coefficient (Wildman–Crippen LogP) is 0.774. The first-order chi connectivity index (χ1) is 4.59. The molecule has 0 amide bonds. The van der Waals surface area contributed by atoms with Crippen LogP contribution in [-0.4, -0.2) is 21.9 Å². The Morgan fingerprint density at radius 3 is 2.50 bits per heavy atom. The van der Waals surface area contributed by atoms with E-state index in [1.165, 1.54) is 19.4 Å². The van der Waals surface area contributed by atoms with Crippen molar-refractivity contribution < 1.29 is 24.1 Å². The molecule has 10 heavy (non-hydrogen) atoms. The Balaban J connectivity index is 4.08. The first-order valence-corrected chi connectivity index (χ1v) is 4.58. The second-order valence-corrected chi connectivity index (χ2v) is 3.58. The predicted molar refractivity (Wildman–Crippen MR) is 39.3 cm³/mol. The molecule has 3 heteroatoms. The van der Waals surface area contributed by atoms with Crippen LogP contribution in [-0.2, 0) is 24.1 Å². The third-order valence-corrected chi connectivity index (χ3v) is 3.36. The van der Waals surface area contributed by atoms with Crippen molar-refractivity contribution in [1.29, 1.82) is 0 Å². The molecule has 0 radical (unpaired) electrons. The van der Waals surface area contributed by atoms with Crippen molar-refractivity contribution in [3.63, 3.8) is 0 Å². The van der Waals surface area contributed by atoms with Crippen LogP contribution in [0, 0.1) is 0 Å². The van der Waals surface area contributed by atoms with Crippen molar-refractivity contribution >= 4 is 15.9 Å². The van der Waals surface area contributed by atoms with E-state index in [0.717, 1.165) is 3.90 Å². The zero-order valence-electron chi connectivity index (χ0n) is 6.42. The van der Waals surface area contributed by atoms with Crippen molar-refractivity contribution in [2.24, 2.45) is 4.99 Å². The van der Waals surface area contributed by atoms with Gasteiger partial charge < -0.3 is 0 Å². The molecule has 0 N–H and O–H groups in total. The van der Waals surface area contributed by atoms with Crippen LogP contribution < -0.4 is 0 Å². The fourth-order valence-electron chi connectivity index (χ4n) is 0.585. The van der Waals surface area contributed by atoms with Gasteiger partial charge in [-0.05, 0) is 0 Å². The first-order valence-electron chi connectivity index (χ1n) is 3.12. The van der Waals surface area contributed by atoms with Gasteiger partial charge in [0.1, 0.15) is 0 Å². The van der Waals surface area contributed by atoms with Gasteiger partial charge >= 0.3 is 71.8 Å². The second kappa shape index (κ2) is 4.67. The van der Waals surface area contributed by atoms with E-state index in [9.17, 15) is 4.79 Å². The summed E-state index contributed by atoms with van der Waals surface area (Å²) >= 11 is 1.22. The molecule has 0 bridgehead atoms. The van der Waals surface area contributed by atoms with Gasteiger partial charge in [-0.2, -0.15) is 0 Å². The molecule has 0 saturated carbocycles. The van der Waals surface area contributed by atoms with E-state index in [1.807, 2.05) is 13.8 Å². The standard InChI is InChI=1S/C7H11NO.W/c1-4-8-6(2)5-7(3)9;/h4,6H,1-3H3;. The number of nitrogens with zero attached hydrogens (tertiary/aromatic N) is 1. The fraction of sp³-hybridized carbons (Fsp3) is 0.571. The molecule has 1 atom stereocenters. The van der Waals surface area contributed by atoms with Gasteiger partial charge in [0.15, 0.2) is 0 Å². The summed E-state index contributed by atoms with van der Waals surface area (Å²) in [5, 5.41) is 0. The van der Waals surface area contributed by atoms with Crippen molar-refractivity contribution in [3.8, 4) is 0 Å². The summed E-state index contributed by atoms with van der Waals surface area (Å²) in [4.78, 5) is 14.9. The van der Waals surface area contributed by atoms with E-state index in [1.54, 1.807) is 13.1 Å². The van der Waals surface area contributed by atoms with Crippen LogP contribution >= 0.6 is 0 Å². The van der Waals surface area contributed by atoms with Crippen LogP contribution in [0.5, 0.6) is 0 Å². The average molecular weight is 309 g/mol. The SMILES string of the molecule is CC=NC(C)[C](=[W])C(C)=O. The topological polar surface area (TPSA) is 29.4 Å². The Hall–Kier alpha value is -0.102. The van der Waals surface area contributed by atoms with Crippen LogP contribution in [0.2, 0.25) is 0 Å². The molecule has 0 aromatic rings. The van der Waals surface area contributed by atoms with Gasteiger partial charge in [-0.3, -0.25) is 0 Å². The minimum absolute atomic E-state index is 0.0810. The van der Waals surface area contributed by atoms with Crippen LogP contribution in [0.15, 0.2) is 4.99 Å². The number of ketones is 1. The molecule has 1 unspecified atom stereocenters. The summed E-state index contributed by atoms with van der Waals surface area (Å²) in [7, 11) is 0. The minimum atomic E-state index is 0.0810. The Labute approximate surface area is 72.1 Å². The number of rotatable bonds is 3. The van der Waals surface area contributed by atoms with Crippen LogP contribution in [0.1, 0.15) is 20.8 Å². The zero-order valence-corrected chi connectivity index (χ0v) is 9.35. The van der Waals surface area contributed by atoms with Gasteiger partial charge in [0.25, 0.3) is 0 Å². The molecule has 0 fully saturated rings. The molecule has 0 aromatic carbocycles. The maximum atomic E-state index is 10.8.